The van der Waals surface area contributed by atoms with E-state index in [0.717, 1.165) is 19.8 Å². The lowest BCUT2D eigenvalue weighted by Crippen LogP contribution is -2.43. The van der Waals surface area contributed by atoms with Crippen LogP contribution < -0.4 is 10.7 Å². The molecule has 0 aliphatic carbocycles. The highest BCUT2D eigenvalue weighted by Crippen LogP contribution is 2.39. The average Bonchev–Trinajstić information content (AvgIpc) is 2.75. The van der Waals surface area contributed by atoms with Crippen LogP contribution in [0.25, 0.3) is 0 Å². The van der Waals surface area contributed by atoms with Gasteiger partial charge in [-0.25, -0.2) is 5.01 Å². The Kier molecular flexibility index (Phi) is 3.08. The van der Waals surface area contributed by atoms with Gasteiger partial charge < -0.3 is 9.64 Å². The van der Waals surface area contributed by atoms with E-state index in [9.17, 15) is 0 Å². The molecule has 4 nitrogen and oxygen atoms in total. The fourth-order valence-corrected chi connectivity index (χ4v) is 3.88. The Hall–Kier alpha value is -0.620. The van der Waals surface area contributed by atoms with Gasteiger partial charge >= 0.3 is 0 Å². The number of hydrazine groups is 1. The SMILES string of the molecule is CN1CCCc2cc(C3COCCN3N)sc21. The summed E-state index contributed by atoms with van der Waals surface area (Å²) in [6.07, 6.45) is 2.46. The van der Waals surface area contributed by atoms with Crippen molar-refractivity contribution in [2.75, 3.05) is 38.3 Å². The Bertz CT molecular complexity index is 406. The summed E-state index contributed by atoms with van der Waals surface area (Å²) < 4.78 is 5.54. The van der Waals surface area contributed by atoms with E-state index in [0.29, 0.717) is 0 Å². The van der Waals surface area contributed by atoms with Gasteiger partial charge in [0.15, 0.2) is 0 Å². The van der Waals surface area contributed by atoms with E-state index in [-0.39, 0.29) is 6.04 Å². The lowest BCUT2D eigenvalue weighted by atomic mass is 10.1. The van der Waals surface area contributed by atoms with Crippen LogP contribution in [-0.4, -0.2) is 38.4 Å². The third kappa shape index (κ3) is 2.08. The highest BCUT2D eigenvalue weighted by atomic mass is 32.1. The Labute approximate surface area is 106 Å². The van der Waals surface area contributed by atoms with Crippen LogP contribution in [0.2, 0.25) is 0 Å². The molecule has 2 N–H and O–H groups in total. The molecule has 3 heterocycles. The predicted octanol–water partition coefficient (Wildman–Crippen LogP) is 1.38. The Morgan fingerprint density at radius 3 is 3.12 bits per heavy atom. The molecule has 0 amide bonds. The molecule has 3 rings (SSSR count). The molecule has 0 saturated carbocycles. The van der Waals surface area contributed by atoms with E-state index in [4.69, 9.17) is 10.6 Å². The van der Waals surface area contributed by atoms with E-state index >= 15 is 0 Å². The zero-order valence-corrected chi connectivity index (χ0v) is 11.0. The summed E-state index contributed by atoms with van der Waals surface area (Å²) >= 11 is 1.88. The monoisotopic (exact) mass is 253 g/mol. The minimum atomic E-state index is 0.243. The van der Waals surface area contributed by atoms with E-state index in [1.54, 1.807) is 0 Å². The standard InChI is InChI=1S/C12H19N3OS/c1-14-4-2-3-9-7-11(17-12(9)14)10-8-16-6-5-15(10)13/h7,10H,2-6,8,13H2,1H3. The van der Waals surface area contributed by atoms with Gasteiger partial charge in [0.25, 0.3) is 0 Å². The number of ether oxygens (including phenoxy) is 1. The fraction of sp³-hybridized carbons (Fsp3) is 0.667. The molecule has 1 fully saturated rings. The van der Waals surface area contributed by atoms with Crippen molar-refractivity contribution in [3.63, 3.8) is 0 Å². The van der Waals surface area contributed by atoms with E-state index in [2.05, 4.69) is 18.0 Å². The van der Waals surface area contributed by atoms with E-state index in [1.807, 2.05) is 16.3 Å². The molecular formula is C12H19N3OS. The lowest BCUT2D eigenvalue weighted by Gasteiger charge is -2.31. The predicted molar refractivity (Wildman–Crippen MR) is 70.4 cm³/mol. The van der Waals surface area contributed by atoms with Crippen molar-refractivity contribution in [1.29, 1.82) is 0 Å². The van der Waals surface area contributed by atoms with Gasteiger partial charge in [0.05, 0.1) is 24.3 Å². The third-order valence-corrected chi connectivity index (χ3v) is 4.98. The minimum Gasteiger partial charge on any atom is -0.378 e. The largest absolute Gasteiger partial charge is 0.378 e. The van der Waals surface area contributed by atoms with Gasteiger partial charge in [-0.1, -0.05) is 0 Å². The second-order valence-electron chi connectivity index (χ2n) is 4.83. The van der Waals surface area contributed by atoms with Crippen molar-refractivity contribution in [3.8, 4) is 0 Å². The normalized spacial score (nSPS) is 26.0. The first-order valence-electron chi connectivity index (χ1n) is 6.18. The molecule has 5 heteroatoms. The quantitative estimate of drug-likeness (QED) is 0.768. The van der Waals surface area contributed by atoms with Crippen LogP contribution in [0.5, 0.6) is 0 Å². The molecule has 1 unspecified atom stereocenters. The average molecular weight is 253 g/mol. The maximum Gasteiger partial charge on any atom is 0.0941 e. The highest BCUT2D eigenvalue weighted by Gasteiger charge is 2.26. The molecule has 2 aliphatic rings. The fourth-order valence-electron chi connectivity index (χ4n) is 2.58. The van der Waals surface area contributed by atoms with E-state index < -0.39 is 0 Å². The van der Waals surface area contributed by atoms with Gasteiger partial charge in [-0.2, -0.15) is 0 Å². The first-order valence-corrected chi connectivity index (χ1v) is 7.00. The first-order chi connectivity index (χ1) is 8.25. The summed E-state index contributed by atoms with van der Waals surface area (Å²) in [4.78, 5) is 3.71. The van der Waals surface area contributed by atoms with Crippen molar-refractivity contribution in [3.05, 3.63) is 16.5 Å². The van der Waals surface area contributed by atoms with Crippen molar-refractivity contribution >= 4 is 16.3 Å². The van der Waals surface area contributed by atoms with Crippen LogP contribution in [0, 0.1) is 0 Å². The van der Waals surface area contributed by atoms with Crippen LogP contribution in [0.1, 0.15) is 22.9 Å². The molecule has 17 heavy (non-hydrogen) atoms. The van der Waals surface area contributed by atoms with Crippen molar-refractivity contribution < 1.29 is 4.74 Å². The molecule has 1 aromatic rings. The highest BCUT2D eigenvalue weighted by molar-refractivity contribution is 7.16. The number of fused-ring (bicyclic) bond motifs is 1. The third-order valence-electron chi connectivity index (χ3n) is 3.59. The number of nitrogens with zero attached hydrogens (tertiary/aromatic N) is 2. The summed E-state index contributed by atoms with van der Waals surface area (Å²) in [7, 11) is 2.18. The van der Waals surface area contributed by atoms with Crippen molar-refractivity contribution in [1.82, 2.24) is 5.01 Å². The summed E-state index contributed by atoms with van der Waals surface area (Å²) in [5.74, 6) is 6.05. The number of aryl methyl sites for hydroxylation is 1. The van der Waals surface area contributed by atoms with Crippen molar-refractivity contribution in [2.45, 2.75) is 18.9 Å². The van der Waals surface area contributed by atoms with Crippen LogP contribution in [0.3, 0.4) is 0 Å². The topological polar surface area (TPSA) is 41.7 Å². The smallest absolute Gasteiger partial charge is 0.0941 e. The summed E-state index contributed by atoms with van der Waals surface area (Å²) in [5, 5.41) is 3.34. The molecule has 0 spiro atoms. The molecule has 1 aromatic heterocycles. The van der Waals surface area contributed by atoms with Crippen LogP contribution in [0.15, 0.2) is 6.07 Å². The summed E-state index contributed by atoms with van der Waals surface area (Å²) in [6, 6.07) is 2.57. The van der Waals surface area contributed by atoms with Gasteiger partial charge in [0.1, 0.15) is 0 Å². The number of anilines is 1. The molecule has 2 aliphatic heterocycles. The maximum atomic E-state index is 6.05. The summed E-state index contributed by atoms with van der Waals surface area (Å²) in [5.41, 5.74) is 1.48. The second-order valence-corrected chi connectivity index (χ2v) is 5.90. The molecule has 94 valence electrons. The Morgan fingerprint density at radius 2 is 2.35 bits per heavy atom. The number of thiophene rings is 1. The molecular weight excluding hydrogens is 234 g/mol. The molecule has 0 radical (unpaired) electrons. The van der Waals surface area contributed by atoms with Crippen LogP contribution in [0.4, 0.5) is 5.00 Å². The molecule has 0 aromatic carbocycles. The molecule has 1 atom stereocenters. The number of hydrogen-bond acceptors (Lipinski definition) is 5. The Balaban J connectivity index is 1.88. The second kappa shape index (κ2) is 4.57. The van der Waals surface area contributed by atoms with Gasteiger partial charge in [0, 0.05) is 25.0 Å². The zero-order valence-electron chi connectivity index (χ0n) is 10.2. The number of hydrogen-bond donors (Lipinski definition) is 1. The minimum absolute atomic E-state index is 0.243. The first kappa shape index (κ1) is 11.5. The van der Waals surface area contributed by atoms with E-state index in [1.165, 1.54) is 34.8 Å². The Morgan fingerprint density at radius 1 is 1.47 bits per heavy atom. The summed E-state index contributed by atoms with van der Waals surface area (Å²) in [6.45, 7) is 3.46. The van der Waals surface area contributed by atoms with Crippen molar-refractivity contribution in [2.24, 2.45) is 5.84 Å². The molecule has 1 saturated heterocycles. The number of nitrogens with two attached hydrogens (primary N) is 1. The van der Waals surface area contributed by atoms with Crippen LogP contribution >= 0.6 is 11.3 Å². The lowest BCUT2D eigenvalue weighted by molar-refractivity contribution is -0.00763. The maximum absolute atomic E-state index is 6.05. The number of rotatable bonds is 1. The van der Waals surface area contributed by atoms with Gasteiger partial charge in [0.2, 0.25) is 0 Å². The molecule has 0 bridgehead atoms. The van der Waals surface area contributed by atoms with Gasteiger partial charge in [-0.05, 0) is 24.5 Å². The zero-order chi connectivity index (χ0) is 11.8. The van der Waals surface area contributed by atoms with Crippen LogP contribution in [-0.2, 0) is 11.2 Å². The van der Waals surface area contributed by atoms with Gasteiger partial charge in [-0.15, -0.1) is 11.3 Å². The van der Waals surface area contributed by atoms with Gasteiger partial charge in [-0.3, -0.25) is 5.84 Å². The number of morpholine rings is 1.